The predicted molar refractivity (Wildman–Crippen MR) is 71.2 cm³/mol. The summed E-state index contributed by atoms with van der Waals surface area (Å²) in [6.07, 6.45) is -4.35. The first-order chi connectivity index (χ1) is 8.98. The second-order valence-corrected chi connectivity index (χ2v) is 4.64. The van der Waals surface area contributed by atoms with Crippen molar-refractivity contribution >= 4 is 21.5 Å². The Labute approximate surface area is 108 Å². The Hall–Kier alpha value is -2.03. The molecule has 0 radical (unpaired) electrons. The maximum atomic E-state index is 13.4. The van der Waals surface area contributed by atoms with Gasteiger partial charge in [0.25, 0.3) is 0 Å². The lowest BCUT2D eigenvalue weighted by atomic mass is 9.94. The van der Waals surface area contributed by atoms with E-state index in [1.54, 1.807) is 24.3 Å². The second kappa shape index (κ2) is 3.98. The summed E-state index contributed by atoms with van der Waals surface area (Å²) in [6, 6.07) is 13.5. The third-order valence-corrected chi connectivity index (χ3v) is 3.41. The Kier molecular flexibility index (Phi) is 2.52. The molecule has 0 aliphatic heterocycles. The van der Waals surface area contributed by atoms with Gasteiger partial charge in [-0.1, -0.05) is 42.5 Å². The van der Waals surface area contributed by atoms with Crippen molar-refractivity contribution in [1.29, 1.82) is 0 Å². The molecule has 0 aliphatic rings. The normalized spacial score (nSPS) is 12.2. The summed E-state index contributed by atoms with van der Waals surface area (Å²) < 4.78 is 40.1. The van der Waals surface area contributed by atoms with Gasteiger partial charge >= 0.3 is 6.18 Å². The van der Waals surface area contributed by atoms with E-state index in [1.807, 2.05) is 19.1 Å². The summed E-state index contributed by atoms with van der Waals surface area (Å²) in [7, 11) is 0. The molecule has 0 saturated carbocycles. The maximum Gasteiger partial charge on any atom is 0.417 e. The molecule has 19 heavy (non-hydrogen) atoms. The quantitative estimate of drug-likeness (QED) is 0.480. The van der Waals surface area contributed by atoms with E-state index < -0.39 is 11.7 Å². The fourth-order valence-corrected chi connectivity index (χ4v) is 2.55. The van der Waals surface area contributed by atoms with Gasteiger partial charge in [0.15, 0.2) is 0 Å². The van der Waals surface area contributed by atoms with E-state index in [1.165, 1.54) is 12.1 Å². The molecule has 0 heterocycles. The molecule has 0 fully saturated rings. The molecule has 0 amide bonds. The summed E-state index contributed by atoms with van der Waals surface area (Å²) in [5.74, 6) is 0. The standard InChI is InChI=1S/C16H11F3/c1-10-5-4-8-13-14(10)9-11-6-2-3-7-12(11)15(13)16(17,18)19/h2-9H,1H3. The number of alkyl halides is 3. The van der Waals surface area contributed by atoms with Crippen molar-refractivity contribution < 1.29 is 13.2 Å². The molecular formula is C16H11F3. The van der Waals surface area contributed by atoms with Crippen molar-refractivity contribution in [3.63, 3.8) is 0 Å². The fourth-order valence-electron chi connectivity index (χ4n) is 2.55. The molecule has 0 unspecified atom stereocenters. The van der Waals surface area contributed by atoms with Gasteiger partial charge in [0.2, 0.25) is 0 Å². The van der Waals surface area contributed by atoms with Crippen LogP contribution in [0, 0.1) is 6.92 Å². The topological polar surface area (TPSA) is 0 Å². The van der Waals surface area contributed by atoms with Crippen molar-refractivity contribution in [2.75, 3.05) is 0 Å². The highest BCUT2D eigenvalue weighted by molar-refractivity contribution is 6.03. The Morgan fingerprint density at radius 1 is 0.789 bits per heavy atom. The van der Waals surface area contributed by atoms with Gasteiger partial charge in [0.05, 0.1) is 5.56 Å². The maximum absolute atomic E-state index is 13.4. The molecule has 0 bridgehead atoms. The molecular weight excluding hydrogens is 249 g/mol. The average Bonchev–Trinajstić information content (AvgIpc) is 2.35. The van der Waals surface area contributed by atoms with Crippen LogP contribution in [0.25, 0.3) is 21.5 Å². The first kappa shape index (κ1) is 12.0. The summed E-state index contributed by atoms with van der Waals surface area (Å²) >= 11 is 0. The Bertz CT molecular complexity index is 770. The molecule has 0 nitrogen and oxygen atoms in total. The molecule has 3 rings (SSSR count). The average molecular weight is 260 g/mol. The van der Waals surface area contributed by atoms with E-state index in [-0.39, 0.29) is 10.8 Å². The molecule has 0 saturated heterocycles. The lowest BCUT2D eigenvalue weighted by Gasteiger charge is -2.15. The number of halogens is 3. The Morgan fingerprint density at radius 3 is 2.21 bits per heavy atom. The summed E-state index contributed by atoms with van der Waals surface area (Å²) in [5.41, 5.74) is 0.318. The lowest BCUT2D eigenvalue weighted by molar-refractivity contribution is -0.135. The summed E-state index contributed by atoms with van der Waals surface area (Å²) in [4.78, 5) is 0. The van der Waals surface area contributed by atoms with Gasteiger partial charge in [-0.05, 0) is 40.1 Å². The third kappa shape index (κ3) is 1.86. The predicted octanol–water partition coefficient (Wildman–Crippen LogP) is 5.32. The third-order valence-electron chi connectivity index (χ3n) is 3.41. The molecule has 3 heteroatoms. The van der Waals surface area contributed by atoms with Gasteiger partial charge in [0.1, 0.15) is 0 Å². The van der Waals surface area contributed by atoms with Gasteiger partial charge in [0, 0.05) is 0 Å². The van der Waals surface area contributed by atoms with Crippen LogP contribution in [0.5, 0.6) is 0 Å². The zero-order chi connectivity index (χ0) is 13.6. The monoisotopic (exact) mass is 260 g/mol. The Balaban J connectivity index is 2.61. The molecule has 0 spiro atoms. The van der Waals surface area contributed by atoms with Crippen LogP contribution in [0.1, 0.15) is 11.1 Å². The first-order valence-electron chi connectivity index (χ1n) is 5.97. The highest BCUT2D eigenvalue weighted by atomic mass is 19.4. The molecule has 3 aromatic rings. The minimum atomic E-state index is -4.35. The Morgan fingerprint density at radius 2 is 1.47 bits per heavy atom. The second-order valence-electron chi connectivity index (χ2n) is 4.64. The fraction of sp³-hybridized carbons (Fsp3) is 0.125. The van der Waals surface area contributed by atoms with E-state index in [0.29, 0.717) is 10.8 Å². The lowest BCUT2D eigenvalue weighted by Crippen LogP contribution is -2.07. The highest BCUT2D eigenvalue weighted by Crippen LogP contribution is 2.40. The highest BCUT2D eigenvalue weighted by Gasteiger charge is 2.34. The van der Waals surface area contributed by atoms with E-state index >= 15 is 0 Å². The van der Waals surface area contributed by atoms with Gasteiger partial charge in [-0.2, -0.15) is 13.2 Å². The van der Waals surface area contributed by atoms with Gasteiger partial charge in [-0.25, -0.2) is 0 Å². The zero-order valence-corrected chi connectivity index (χ0v) is 10.3. The van der Waals surface area contributed by atoms with Crippen molar-refractivity contribution in [3.8, 4) is 0 Å². The molecule has 0 aliphatic carbocycles. The summed E-state index contributed by atoms with van der Waals surface area (Å²) in [5, 5.41) is 1.81. The number of rotatable bonds is 0. The number of aryl methyl sites for hydroxylation is 1. The smallest absolute Gasteiger partial charge is 0.166 e. The number of hydrogen-bond donors (Lipinski definition) is 0. The van der Waals surface area contributed by atoms with Crippen molar-refractivity contribution in [1.82, 2.24) is 0 Å². The van der Waals surface area contributed by atoms with E-state index in [4.69, 9.17) is 0 Å². The van der Waals surface area contributed by atoms with Crippen molar-refractivity contribution in [2.24, 2.45) is 0 Å². The van der Waals surface area contributed by atoms with Crippen LogP contribution in [-0.4, -0.2) is 0 Å². The minimum absolute atomic E-state index is 0.258. The van der Waals surface area contributed by atoms with E-state index in [2.05, 4.69) is 0 Å². The molecule has 0 atom stereocenters. The van der Waals surface area contributed by atoms with Crippen LogP contribution in [0.15, 0.2) is 48.5 Å². The van der Waals surface area contributed by atoms with E-state index in [9.17, 15) is 13.2 Å². The van der Waals surface area contributed by atoms with Gasteiger partial charge in [-0.3, -0.25) is 0 Å². The van der Waals surface area contributed by atoms with Crippen LogP contribution in [0.3, 0.4) is 0 Å². The number of hydrogen-bond acceptors (Lipinski definition) is 0. The molecule has 96 valence electrons. The van der Waals surface area contributed by atoms with Crippen LogP contribution in [0.2, 0.25) is 0 Å². The number of fused-ring (bicyclic) bond motifs is 2. The molecule has 3 aromatic carbocycles. The van der Waals surface area contributed by atoms with Crippen LogP contribution in [-0.2, 0) is 6.18 Å². The van der Waals surface area contributed by atoms with Crippen molar-refractivity contribution in [3.05, 3.63) is 59.7 Å². The first-order valence-corrected chi connectivity index (χ1v) is 5.97. The van der Waals surface area contributed by atoms with Crippen LogP contribution < -0.4 is 0 Å². The number of benzene rings is 3. The summed E-state index contributed by atoms with van der Waals surface area (Å²) in [6.45, 7) is 1.83. The SMILES string of the molecule is Cc1cccc2c(C(F)(F)F)c3ccccc3cc12. The van der Waals surface area contributed by atoms with Crippen molar-refractivity contribution in [2.45, 2.75) is 13.1 Å². The van der Waals surface area contributed by atoms with Gasteiger partial charge < -0.3 is 0 Å². The molecule has 0 aromatic heterocycles. The van der Waals surface area contributed by atoms with E-state index in [0.717, 1.165) is 5.56 Å². The van der Waals surface area contributed by atoms with Crippen LogP contribution >= 0.6 is 0 Å². The largest absolute Gasteiger partial charge is 0.417 e. The van der Waals surface area contributed by atoms with Gasteiger partial charge in [-0.15, -0.1) is 0 Å². The molecule has 0 N–H and O–H groups in total. The zero-order valence-electron chi connectivity index (χ0n) is 10.3. The minimum Gasteiger partial charge on any atom is -0.166 e. The van der Waals surface area contributed by atoms with Crippen LogP contribution in [0.4, 0.5) is 13.2 Å².